The van der Waals surface area contributed by atoms with Crippen molar-refractivity contribution in [2.24, 2.45) is 0 Å². The number of pyridine rings is 1. The van der Waals surface area contributed by atoms with Gasteiger partial charge in [0.05, 0.1) is 25.8 Å². The summed E-state index contributed by atoms with van der Waals surface area (Å²) in [4.78, 5) is 42.9. The van der Waals surface area contributed by atoms with E-state index in [2.05, 4.69) is 30.5 Å². The molecule has 1 saturated heterocycles. The van der Waals surface area contributed by atoms with Gasteiger partial charge in [-0.05, 0) is 56.7 Å². The molecule has 0 aliphatic carbocycles. The van der Waals surface area contributed by atoms with Crippen molar-refractivity contribution in [2.45, 2.75) is 20.8 Å². The SMILES string of the molecule is CCN(CC)C(=O)COc1cc2c(Nc3cc(NC(=O)c4ccnc(N5CCOCC5)c4)ccc3C)ncnc2cc1OC. The van der Waals surface area contributed by atoms with Gasteiger partial charge >= 0.3 is 0 Å². The van der Waals surface area contributed by atoms with Crippen LogP contribution < -0.4 is 25.0 Å². The van der Waals surface area contributed by atoms with E-state index in [0.717, 1.165) is 30.2 Å². The lowest BCUT2D eigenvalue weighted by Gasteiger charge is -2.27. The van der Waals surface area contributed by atoms with E-state index in [9.17, 15) is 9.59 Å². The average molecular weight is 600 g/mol. The second kappa shape index (κ2) is 14.0. The number of aromatic nitrogens is 3. The molecule has 12 nitrogen and oxygen atoms in total. The lowest BCUT2D eigenvalue weighted by Crippen LogP contribution is -2.36. The van der Waals surface area contributed by atoms with Crippen LogP contribution in [0.25, 0.3) is 10.9 Å². The Morgan fingerprint density at radius 1 is 1.00 bits per heavy atom. The number of methoxy groups -OCH3 is 1. The Morgan fingerprint density at radius 3 is 2.55 bits per heavy atom. The molecule has 0 saturated carbocycles. The second-order valence-corrected chi connectivity index (χ2v) is 10.2. The number of rotatable bonds is 11. The van der Waals surface area contributed by atoms with E-state index in [4.69, 9.17) is 14.2 Å². The molecule has 5 rings (SSSR count). The molecule has 1 aliphatic rings. The molecule has 4 aromatic rings. The fraction of sp³-hybridized carbons (Fsp3) is 0.344. The number of carbonyl (C=O) groups is 2. The Morgan fingerprint density at radius 2 is 1.80 bits per heavy atom. The zero-order valence-electron chi connectivity index (χ0n) is 25.4. The fourth-order valence-electron chi connectivity index (χ4n) is 4.93. The molecule has 44 heavy (non-hydrogen) atoms. The van der Waals surface area contributed by atoms with Crippen LogP contribution in [0.2, 0.25) is 0 Å². The Labute approximate surface area is 256 Å². The first kappa shape index (κ1) is 30.5. The normalized spacial score (nSPS) is 13.0. The van der Waals surface area contributed by atoms with E-state index in [-0.39, 0.29) is 18.4 Å². The van der Waals surface area contributed by atoms with Crippen LogP contribution in [-0.2, 0) is 9.53 Å². The van der Waals surface area contributed by atoms with Crippen molar-refractivity contribution in [3.05, 3.63) is 66.1 Å². The van der Waals surface area contributed by atoms with Crippen molar-refractivity contribution in [2.75, 3.05) is 68.6 Å². The van der Waals surface area contributed by atoms with Crippen LogP contribution in [-0.4, -0.2) is 84.8 Å². The molecule has 0 atom stereocenters. The topological polar surface area (TPSA) is 131 Å². The number of anilines is 4. The predicted octanol–water partition coefficient (Wildman–Crippen LogP) is 4.42. The van der Waals surface area contributed by atoms with Gasteiger partial charge in [-0.2, -0.15) is 0 Å². The molecule has 2 aromatic carbocycles. The van der Waals surface area contributed by atoms with Gasteiger partial charge in [-0.15, -0.1) is 0 Å². The molecule has 230 valence electrons. The molecule has 0 unspecified atom stereocenters. The first-order chi connectivity index (χ1) is 21.4. The van der Waals surface area contributed by atoms with Gasteiger partial charge in [0, 0.05) is 60.8 Å². The zero-order chi connectivity index (χ0) is 31.1. The minimum absolute atomic E-state index is 0.113. The molecule has 3 heterocycles. The van der Waals surface area contributed by atoms with Gasteiger partial charge in [0.1, 0.15) is 18.0 Å². The summed E-state index contributed by atoms with van der Waals surface area (Å²) in [6.45, 7) is 9.65. The van der Waals surface area contributed by atoms with Crippen molar-refractivity contribution in [1.29, 1.82) is 0 Å². The summed E-state index contributed by atoms with van der Waals surface area (Å²) in [5.41, 5.74) is 3.47. The summed E-state index contributed by atoms with van der Waals surface area (Å²) >= 11 is 0. The molecule has 12 heteroatoms. The van der Waals surface area contributed by atoms with Gasteiger partial charge in [-0.1, -0.05) is 6.07 Å². The highest BCUT2D eigenvalue weighted by atomic mass is 16.5. The maximum Gasteiger partial charge on any atom is 0.260 e. The third kappa shape index (κ3) is 6.97. The second-order valence-electron chi connectivity index (χ2n) is 10.2. The van der Waals surface area contributed by atoms with Crippen LogP contribution in [0, 0.1) is 6.92 Å². The number of carbonyl (C=O) groups excluding carboxylic acids is 2. The smallest absolute Gasteiger partial charge is 0.260 e. The Kier molecular flexibility index (Phi) is 9.70. The minimum Gasteiger partial charge on any atom is -0.493 e. The number of fused-ring (bicyclic) bond motifs is 1. The summed E-state index contributed by atoms with van der Waals surface area (Å²) in [7, 11) is 1.54. The molecule has 2 amide bonds. The number of morpholine rings is 1. The Hall–Kier alpha value is -4.97. The summed E-state index contributed by atoms with van der Waals surface area (Å²) < 4.78 is 16.9. The number of amides is 2. The predicted molar refractivity (Wildman–Crippen MR) is 169 cm³/mol. The number of hydrogen-bond acceptors (Lipinski definition) is 10. The van der Waals surface area contributed by atoms with Gasteiger partial charge in [-0.3, -0.25) is 9.59 Å². The summed E-state index contributed by atoms with van der Waals surface area (Å²) in [5.74, 6) is 1.80. The molecule has 0 radical (unpaired) electrons. The Bertz CT molecular complexity index is 1640. The van der Waals surface area contributed by atoms with Crippen molar-refractivity contribution < 1.29 is 23.8 Å². The van der Waals surface area contributed by atoms with Gasteiger partial charge in [0.2, 0.25) is 0 Å². The van der Waals surface area contributed by atoms with E-state index in [0.29, 0.717) is 65.8 Å². The number of benzene rings is 2. The van der Waals surface area contributed by atoms with E-state index in [1.807, 2.05) is 39.0 Å². The molecular weight excluding hydrogens is 562 g/mol. The number of ether oxygens (including phenoxy) is 3. The number of likely N-dealkylation sites (N-methyl/N-ethyl adjacent to an activating group) is 1. The standard InChI is InChI=1S/C32H37N7O5/c1-5-38(6-2)30(40)19-44-28-17-24-26(18-27(28)42-4)34-20-35-31(24)37-25-16-23(8-7-21(25)3)36-32(41)22-9-10-33-29(15-22)39-11-13-43-14-12-39/h7-10,15-18,20H,5-6,11-14,19H2,1-4H3,(H,36,41)(H,34,35,37). The molecule has 1 fully saturated rings. The maximum absolute atomic E-state index is 13.2. The molecule has 0 bridgehead atoms. The van der Waals surface area contributed by atoms with Crippen molar-refractivity contribution in [3.63, 3.8) is 0 Å². The van der Waals surface area contributed by atoms with E-state index < -0.39 is 0 Å². The lowest BCUT2D eigenvalue weighted by molar-refractivity contribution is -0.132. The van der Waals surface area contributed by atoms with Crippen molar-refractivity contribution >= 4 is 45.7 Å². The number of hydrogen-bond donors (Lipinski definition) is 2. The van der Waals surface area contributed by atoms with Gasteiger partial charge < -0.3 is 34.6 Å². The Balaban J connectivity index is 1.36. The lowest BCUT2D eigenvalue weighted by atomic mass is 10.1. The molecule has 0 spiro atoms. The van der Waals surface area contributed by atoms with Crippen molar-refractivity contribution in [1.82, 2.24) is 19.9 Å². The highest BCUT2D eigenvalue weighted by Crippen LogP contribution is 2.35. The van der Waals surface area contributed by atoms with Crippen LogP contribution in [0.1, 0.15) is 29.8 Å². The van der Waals surface area contributed by atoms with E-state index in [1.165, 1.54) is 6.33 Å². The monoisotopic (exact) mass is 599 g/mol. The molecule has 2 aromatic heterocycles. The number of aryl methyl sites for hydroxylation is 1. The fourth-order valence-corrected chi connectivity index (χ4v) is 4.93. The van der Waals surface area contributed by atoms with Crippen LogP contribution in [0.4, 0.5) is 23.0 Å². The van der Waals surface area contributed by atoms with Crippen LogP contribution in [0.3, 0.4) is 0 Å². The van der Waals surface area contributed by atoms with Gasteiger partial charge in [0.15, 0.2) is 18.1 Å². The third-order valence-electron chi connectivity index (χ3n) is 7.48. The third-order valence-corrected chi connectivity index (χ3v) is 7.48. The summed E-state index contributed by atoms with van der Waals surface area (Å²) in [6.07, 6.45) is 3.11. The molecular formula is C32H37N7O5. The number of nitrogens with one attached hydrogen (secondary N) is 2. The van der Waals surface area contributed by atoms with E-state index in [1.54, 1.807) is 42.5 Å². The van der Waals surface area contributed by atoms with Crippen LogP contribution >= 0.6 is 0 Å². The summed E-state index contributed by atoms with van der Waals surface area (Å²) in [5, 5.41) is 7.06. The molecule has 1 aliphatic heterocycles. The van der Waals surface area contributed by atoms with Gasteiger partial charge in [0.25, 0.3) is 11.8 Å². The molecule has 2 N–H and O–H groups in total. The average Bonchev–Trinajstić information content (AvgIpc) is 3.06. The highest BCUT2D eigenvalue weighted by molar-refractivity contribution is 6.05. The largest absolute Gasteiger partial charge is 0.493 e. The van der Waals surface area contributed by atoms with Gasteiger partial charge in [-0.25, -0.2) is 15.0 Å². The van der Waals surface area contributed by atoms with E-state index >= 15 is 0 Å². The zero-order valence-corrected chi connectivity index (χ0v) is 25.4. The van der Waals surface area contributed by atoms with Crippen LogP contribution in [0.5, 0.6) is 11.5 Å². The number of nitrogens with zero attached hydrogens (tertiary/aromatic N) is 5. The maximum atomic E-state index is 13.2. The van der Waals surface area contributed by atoms with Crippen molar-refractivity contribution in [3.8, 4) is 11.5 Å². The highest BCUT2D eigenvalue weighted by Gasteiger charge is 2.17. The minimum atomic E-state index is -0.239. The van der Waals surface area contributed by atoms with Crippen LogP contribution in [0.15, 0.2) is 55.0 Å². The summed E-state index contributed by atoms with van der Waals surface area (Å²) in [6, 6.07) is 12.6. The quantitative estimate of drug-likeness (QED) is 0.255. The first-order valence-corrected chi connectivity index (χ1v) is 14.6. The first-order valence-electron chi connectivity index (χ1n) is 14.6.